The van der Waals surface area contributed by atoms with Gasteiger partial charge < -0.3 is 21.7 Å². The minimum absolute atomic E-state index is 0.0441. The molecule has 0 radical (unpaired) electrons. The molecule has 2 aliphatic rings. The molecule has 2 heterocycles. The number of anilines is 2. The van der Waals surface area contributed by atoms with Gasteiger partial charge in [0.2, 0.25) is 23.7 Å². The first-order chi connectivity index (χ1) is 29.0. The number of nitrogens with zero attached hydrogens (tertiary/aromatic N) is 2. The number of aromatic carboxylic acids is 2. The summed E-state index contributed by atoms with van der Waals surface area (Å²) in [6.07, 6.45) is 35.4. The second-order valence-corrected chi connectivity index (χ2v) is 17.6. The molecule has 2 aromatic rings. The Balaban J connectivity index is 1.34. The molecule has 4 rings (SSSR count). The highest BCUT2D eigenvalue weighted by atomic mass is 16.4. The number of hydrogen-bond acceptors (Lipinski definition) is 6. The average molecular weight is 839 g/mol. The smallest absolute Gasteiger partial charge is 0.341 e. The number of aromatic nitrogens is 2. The number of nitrogen functional groups attached to an aromatic ring is 2. The third kappa shape index (κ3) is 12.4. The lowest BCUT2D eigenvalue weighted by Gasteiger charge is -2.34. The van der Waals surface area contributed by atoms with Crippen LogP contribution in [0.15, 0.2) is 167 Å². The van der Waals surface area contributed by atoms with Crippen molar-refractivity contribution in [3.05, 3.63) is 178 Å². The Morgan fingerprint density at radius 2 is 0.903 bits per heavy atom. The monoisotopic (exact) mass is 838 g/mol. The van der Waals surface area contributed by atoms with Crippen molar-refractivity contribution >= 4 is 34.9 Å². The van der Waals surface area contributed by atoms with Gasteiger partial charge in [-0.05, 0) is 75.7 Å². The normalized spacial score (nSPS) is 20.6. The first kappa shape index (κ1) is 48.0. The van der Waals surface area contributed by atoms with Crippen molar-refractivity contribution in [3.63, 3.8) is 0 Å². The quantitative estimate of drug-likeness (QED) is 0.108. The molecule has 0 saturated carbocycles. The summed E-state index contributed by atoms with van der Waals surface area (Å²) in [5, 5.41) is 19.0. The summed E-state index contributed by atoms with van der Waals surface area (Å²) in [5.41, 5.74) is 19.4. The molecule has 6 N–H and O–H groups in total. The van der Waals surface area contributed by atoms with E-state index in [1.54, 1.807) is 21.5 Å². The lowest BCUT2D eigenvalue weighted by atomic mass is 9.70. The van der Waals surface area contributed by atoms with E-state index in [9.17, 15) is 29.4 Å². The fraction of sp³-hybridized carbons (Fsp3) is 0.308. The molecule has 0 aromatic carbocycles. The van der Waals surface area contributed by atoms with Gasteiger partial charge in [0.15, 0.2) is 24.8 Å². The number of carboxylic acids is 2. The van der Waals surface area contributed by atoms with Gasteiger partial charge in [0.05, 0.1) is 11.4 Å². The van der Waals surface area contributed by atoms with Gasteiger partial charge >= 0.3 is 11.9 Å². The van der Waals surface area contributed by atoms with Gasteiger partial charge in [0.1, 0.15) is 11.1 Å². The van der Waals surface area contributed by atoms with E-state index in [-0.39, 0.29) is 33.5 Å². The summed E-state index contributed by atoms with van der Waals surface area (Å²) in [7, 11) is 0. The van der Waals surface area contributed by atoms with Gasteiger partial charge in [0.25, 0.3) is 0 Å². The molecular weight excluding hydrogens is 777 g/mol. The maximum absolute atomic E-state index is 13.5. The van der Waals surface area contributed by atoms with Crippen LogP contribution in [0.2, 0.25) is 0 Å². The first-order valence-corrected chi connectivity index (χ1v) is 20.7. The lowest BCUT2D eigenvalue weighted by Crippen LogP contribution is -2.49. The number of Topliss-reactive ketones (excluding diaryl/α,β-unsaturated/α-hetero) is 2. The van der Waals surface area contributed by atoms with Crippen molar-refractivity contribution in [2.45, 2.75) is 94.2 Å². The predicted octanol–water partition coefficient (Wildman–Crippen LogP) is 9.80. The van der Waals surface area contributed by atoms with E-state index in [0.29, 0.717) is 35.4 Å². The van der Waals surface area contributed by atoms with Crippen LogP contribution in [0.5, 0.6) is 0 Å². The summed E-state index contributed by atoms with van der Waals surface area (Å²) in [4.78, 5) is 50.2. The van der Waals surface area contributed by atoms with Gasteiger partial charge in [0, 0.05) is 24.0 Å². The van der Waals surface area contributed by atoms with Gasteiger partial charge in [-0.25, -0.2) is 9.59 Å². The van der Waals surface area contributed by atoms with E-state index >= 15 is 0 Å². The number of pyridine rings is 2. The summed E-state index contributed by atoms with van der Waals surface area (Å²) < 4.78 is 3.27. The molecule has 2 aliphatic carbocycles. The van der Waals surface area contributed by atoms with Crippen LogP contribution in [0.25, 0.3) is 0 Å². The third-order valence-corrected chi connectivity index (χ3v) is 11.3. The van der Waals surface area contributed by atoms with Crippen LogP contribution in [-0.4, -0.2) is 33.7 Å². The Labute approximate surface area is 366 Å². The number of carbonyl (C=O) groups is 4. The number of nitrogens with two attached hydrogens (primary N) is 2. The van der Waals surface area contributed by atoms with Crippen molar-refractivity contribution < 1.29 is 38.5 Å². The largest absolute Gasteiger partial charge is 0.477 e. The van der Waals surface area contributed by atoms with Crippen LogP contribution in [0.1, 0.15) is 115 Å². The Morgan fingerprint density at radius 1 is 0.581 bits per heavy atom. The molecule has 2 unspecified atom stereocenters. The minimum Gasteiger partial charge on any atom is -0.477 e. The predicted molar refractivity (Wildman–Crippen MR) is 247 cm³/mol. The Hall–Kier alpha value is -6.68. The van der Waals surface area contributed by atoms with Crippen LogP contribution in [0.3, 0.4) is 0 Å². The third-order valence-electron chi connectivity index (χ3n) is 11.3. The SMILES string of the molecule is CC1=C(/C=C/C(C)=C/C=C/C(C)=C/C=C/C=C(C)/C=C/C=C(C)/C=C/C2=C(C)C(=O)C([n+]3cc(N)cc(C(=O)O)c3)CC2(C)C)C(C)(C)CC([n+]2cc(N)cc(C(=O)O)c2)C1=O. The van der Waals surface area contributed by atoms with Crippen molar-refractivity contribution in [1.82, 2.24) is 0 Å². The molecule has 2 aromatic heterocycles. The average Bonchev–Trinajstić information content (AvgIpc) is 3.18. The van der Waals surface area contributed by atoms with Crippen molar-refractivity contribution in [1.29, 1.82) is 0 Å². The summed E-state index contributed by atoms with van der Waals surface area (Å²) in [6, 6.07) is 1.70. The summed E-state index contributed by atoms with van der Waals surface area (Å²) in [6.45, 7) is 20.1. The molecule has 0 fully saturated rings. The van der Waals surface area contributed by atoms with Crippen LogP contribution in [0.4, 0.5) is 11.4 Å². The van der Waals surface area contributed by atoms with Gasteiger partial charge in [-0.2, -0.15) is 9.13 Å². The zero-order valence-corrected chi connectivity index (χ0v) is 37.7. The van der Waals surface area contributed by atoms with E-state index < -0.39 is 24.0 Å². The Kier molecular flexibility index (Phi) is 15.7. The highest BCUT2D eigenvalue weighted by Gasteiger charge is 2.44. The van der Waals surface area contributed by atoms with E-state index in [0.717, 1.165) is 33.4 Å². The highest BCUT2D eigenvalue weighted by molar-refractivity contribution is 6.00. The van der Waals surface area contributed by atoms with Crippen LogP contribution >= 0.6 is 0 Å². The van der Waals surface area contributed by atoms with E-state index in [4.69, 9.17) is 11.5 Å². The second-order valence-electron chi connectivity index (χ2n) is 17.6. The highest BCUT2D eigenvalue weighted by Crippen LogP contribution is 2.43. The molecule has 10 heteroatoms. The van der Waals surface area contributed by atoms with Gasteiger partial charge in [-0.3, -0.25) is 9.59 Å². The van der Waals surface area contributed by atoms with Crippen LogP contribution in [0, 0.1) is 10.8 Å². The molecule has 0 amide bonds. The lowest BCUT2D eigenvalue weighted by molar-refractivity contribution is -0.710. The maximum atomic E-state index is 13.5. The molecule has 0 spiro atoms. The fourth-order valence-electron chi connectivity index (χ4n) is 7.95. The number of rotatable bonds is 14. The molecular formula is C52H62N4O6+2. The van der Waals surface area contributed by atoms with E-state index in [2.05, 4.69) is 27.7 Å². The number of hydrogen-bond donors (Lipinski definition) is 4. The topological polar surface area (TPSA) is 169 Å². The van der Waals surface area contributed by atoms with Crippen molar-refractivity contribution in [2.75, 3.05) is 11.5 Å². The molecule has 0 aliphatic heterocycles. The molecule has 10 nitrogen and oxygen atoms in total. The molecule has 62 heavy (non-hydrogen) atoms. The van der Waals surface area contributed by atoms with E-state index in [1.165, 1.54) is 24.5 Å². The van der Waals surface area contributed by atoms with Crippen molar-refractivity contribution in [3.8, 4) is 0 Å². The second kappa shape index (κ2) is 20.3. The molecule has 0 saturated heterocycles. The molecule has 324 valence electrons. The number of ketones is 2. The standard InChI is InChI=1S/C52H60N4O6/c1-33(17-13-19-35(3)21-23-43-37(5)47(57)45(27-51(43,7)8)55-29-39(49(59)60)25-41(53)31-55)15-11-12-16-34(2)18-14-20-36(4)22-24-44-38(6)48(58)46(28-52(44,9)10)56-30-40(50(61)62)26-42(54)32-56/h11-26,29-32,45-46H,27-28,53-54H2,1-10H3/p+2/b12-11+,17-13+,18-14+,23-21+,24-22+,33-15+,34-16+,35-19+,36-20+. The number of carboxylic acid groups (broad SMARTS) is 2. The number of carbonyl (C=O) groups excluding carboxylic acids is 2. The maximum Gasteiger partial charge on any atom is 0.341 e. The summed E-state index contributed by atoms with van der Waals surface area (Å²) >= 11 is 0. The minimum atomic E-state index is -1.09. The first-order valence-electron chi connectivity index (χ1n) is 20.7. The summed E-state index contributed by atoms with van der Waals surface area (Å²) in [5.74, 6) is -2.29. The van der Waals surface area contributed by atoms with Crippen LogP contribution in [-0.2, 0) is 9.59 Å². The van der Waals surface area contributed by atoms with Gasteiger partial charge in [-0.15, -0.1) is 0 Å². The van der Waals surface area contributed by atoms with Crippen LogP contribution < -0.4 is 20.6 Å². The molecule has 0 bridgehead atoms. The Morgan fingerprint density at radius 3 is 1.24 bits per heavy atom. The van der Waals surface area contributed by atoms with Gasteiger partial charge in [-0.1, -0.05) is 135 Å². The zero-order valence-electron chi connectivity index (χ0n) is 37.7. The van der Waals surface area contributed by atoms with Crippen molar-refractivity contribution in [2.24, 2.45) is 10.8 Å². The Bertz CT molecular complexity index is 2320. The fourth-order valence-corrected chi connectivity index (χ4v) is 7.95. The number of allylic oxidation sites excluding steroid dienone is 22. The van der Waals surface area contributed by atoms with E-state index in [1.807, 2.05) is 127 Å². The molecule has 2 atom stereocenters. The zero-order chi connectivity index (χ0) is 46.1.